The van der Waals surface area contributed by atoms with Gasteiger partial charge in [0.05, 0.1) is 17.6 Å². The summed E-state index contributed by atoms with van der Waals surface area (Å²) >= 11 is 0. The van der Waals surface area contributed by atoms with Gasteiger partial charge in [0, 0.05) is 24.2 Å². The van der Waals surface area contributed by atoms with Gasteiger partial charge in [-0.15, -0.1) is 0 Å². The summed E-state index contributed by atoms with van der Waals surface area (Å²) in [6.07, 6.45) is -0.145. The number of β-amino-alcohol motifs (C(OH)–C–C–N with tert-alkyl or cyclic N) is 1. The van der Waals surface area contributed by atoms with Crippen LogP contribution >= 0.6 is 0 Å². The van der Waals surface area contributed by atoms with Gasteiger partial charge in [0.2, 0.25) is 10.0 Å². The summed E-state index contributed by atoms with van der Waals surface area (Å²) in [5.41, 5.74) is 5.02. The van der Waals surface area contributed by atoms with E-state index in [4.69, 9.17) is 0 Å². The third-order valence-corrected chi connectivity index (χ3v) is 8.12. The van der Waals surface area contributed by atoms with Crippen molar-refractivity contribution < 1.29 is 23.7 Å². The van der Waals surface area contributed by atoms with Gasteiger partial charge in [-0.2, -0.15) is 0 Å². The van der Waals surface area contributed by atoms with E-state index in [1.165, 1.54) is 6.07 Å². The smallest absolute Gasteiger partial charge is 0.241 e. The number of phenols is 1. The number of aliphatic hydroxyl groups is 2. The van der Waals surface area contributed by atoms with E-state index in [1.54, 1.807) is 12.1 Å². The molecule has 0 saturated heterocycles. The molecule has 0 bridgehead atoms. The van der Waals surface area contributed by atoms with Crippen molar-refractivity contribution in [2.45, 2.75) is 70.7 Å². The lowest BCUT2D eigenvalue weighted by molar-refractivity contribution is 0.160. The van der Waals surface area contributed by atoms with E-state index in [0.29, 0.717) is 22.4 Å². The van der Waals surface area contributed by atoms with Crippen LogP contribution in [0.15, 0.2) is 59.5 Å². The molecule has 0 saturated carbocycles. The Hall–Kier alpha value is -2.75. The van der Waals surface area contributed by atoms with Crippen molar-refractivity contribution in [2.75, 3.05) is 6.54 Å². The zero-order valence-electron chi connectivity index (χ0n) is 22.2. The maximum Gasteiger partial charge on any atom is 0.241 e. The molecule has 3 aromatic rings. The van der Waals surface area contributed by atoms with Gasteiger partial charge in [0.15, 0.2) is 0 Å². The molecule has 0 spiro atoms. The van der Waals surface area contributed by atoms with Crippen LogP contribution in [0.25, 0.3) is 0 Å². The molecule has 0 unspecified atom stereocenters. The van der Waals surface area contributed by atoms with Gasteiger partial charge >= 0.3 is 0 Å². The van der Waals surface area contributed by atoms with Crippen LogP contribution in [0.3, 0.4) is 0 Å². The average molecular weight is 527 g/mol. The number of aromatic hydroxyl groups is 1. The van der Waals surface area contributed by atoms with Crippen molar-refractivity contribution >= 4 is 10.0 Å². The summed E-state index contributed by atoms with van der Waals surface area (Å²) in [5.74, 6) is -0.00181. The average Bonchev–Trinajstić information content (AvgIpc) is 2.81. The monoisotopic (exact) mass is 526 g/mol. The SMILES string of the molecule is Cc1cc(C)c(S(=O)(=O)NCc2cccc(CC(C)(C)NC[C@@H](O)c3ccc(O)c(CO)c3)c2)c(C)c1. The van der Waals surface area contributed by atoms with Crippen LogP contribution in [-0.2, 0) is 29.6 Å². The number of nitrogens with one attached hydrogen (secondary N) is 2. The number of aryl methyl sites for hydroxylation is 3. The highest BCUT2D eigenvalue weighted by Gasteiger charge is 2.22. The summed E-state index contributed by atoms with van der Waals surface area (Å²) in [4.78, 5) is 0.331. The Bertz CT molecular complexity index is 1330. The van der Waals surface area contributed by atoms with Crippen LogP contribution in [0, 0.1) is 20.8 Å². The van der Waals surface area contributed by atoms with Crippen LogP contribution in [0.2, 0.25) is 0 Å². The van der Waals surface area contributed by atoms with Gasteiger partial charge in [-0.1, -0.05) is 48.0 Å². The second-order valence-electron chi connectivity index (χ2n) is 10.4. The van der Waals surface area contributed by atoms with Crippen molar-refractivity contribution in [1.82, 2.24) is 10.0 Å². The first kappa shape index (κ1) is 28.8. The molecule has 3 rings (SSSR count). The standard InChI is InChI=1S/C29H38N2O5S/c1-19-11-20(2)28(21(3)12-19)37(35,36)31-16-23-8-6-7-22(13-23)15-29(4,5)30-17-27(34)24-9-10-26(33)25(14-24)18-32/h6-14,27,30-34H,15-18H2,1-5H3/t27-/m1/s1. The van der Waals surface area contributed by atoms with Crippen LogP contribution in [-0.4, -0.2) is 35.8 Å². The maximum atomic E-state index is 13.0. The van der Waals surface area contributed by atoms with Crippen molar-refractivity contribution in [1.29, 1.82) is 0 Å². The summed E-state index contributed by atoms with van der Waals surface area (Å²) in [5, 5.41) is 33.1. The van der Waals surface area contributed by atoms with Crippen molar-refractivity contribution in [3.8, 4) is 5.75 Å². The van der Waals surface area contributed by atoms with E-state index in [-0.39, 0.29) is 31.0 Å². The lowest BCUT2D eigenvalue weighted by atomic mass is 9.93. The molecule has 200 valence electrons. The van der Waals surface area contributed by atoms with E-state index in [9.17, 15) is 23.7 Å². The van der Waals surface area contributed by atoms with Crippen LogP contribution in [0.5, 0.6) is 5.75 Å². The molecule has 0 aromatic heterocycles. The summed E-state index contributed by atoms with van der Waals surface area (Å²) in [7, 11) is -3.66. The lowest BCUT2D eigenvalue weighted by Crippen LogP contribution is -2.43. The van der Waals surface area contributed by atoms with Crippen molar-refractivity contribution in [3.63, 3.8) is 0 Å². The van der Waals surface area contributed by atoms with Gasteiger partial charge in [0.25, 0.3) is 0 Å². The number of hydrogen-bond acceptors (Lipinski definition) is 6. The van der Waals surface area contributed by atoms with Crippen molar-refractivity contribution in [3.05, 3.63) is 93.5 Å². The fourth-order valence-electron chi connectivity index (χ4n) is 4.69. The normalized spacial score (nSPS) is 13.1. The number of hydrogen-bond donors (Lipinski definition) is 5. The zero-order chi connectivity index (χ0) is 27.4. The van der Waals surface area contributed by atoms with E-state index in [0.717, 1.165) is 27.8 Å². The molecule has 8 heteroatoms. The highest BCUT2D eigenvalue weighted by molar-refractivity contribution is 7.89. The predicted octanol–water partition coefficient (Wildman–Crippen LogP) is 3.93. The number of sulfonamides is 1. The molecule has 0 aliphatic heterocycles. The first-order valence-corrected chi connectivity index (χ1v) is 13.8. The highest BCUT2D eigenvalue weighted by Crippen LogP contribution is 2.24. The summed E-state index contributed by atoms with van der Waals surface area (Å²) < 4.78 is 28.8. The topological polar surface area (TPSA) is 119 Å². The first-order valence-electron chi connectivity index (χ1n) is 12.3. The van der Waals surface area contributed by atoms with E-state index >= 15 is 0 Å². The maximum absolute atomic E-state index is 13.0. The third kappa shape index (κ3) is 7.63. The van der Waals surface area contributed by atoms with Gasteiger partial charge < -0.3 is 20.6 Å². The molecule has 0 aliphatic rings. The molecular formula is C29H38N2O5S. The van der Waals surface area contributed by atoms with E-state index in [1.807, 2.05) is 71.0 Å². The number of rotatable bonds is 11. The largest absolute Gasteiger partial charge is 0.508 e. The van der Waals surface area contributed by atoms with Gasteiger partial charge in [-0.25, -0.2) is 13.1 Å². The molecule has 7 nitrogen and oxygen atoms in total. The summed E-state index contributed by atoms with van der Waals surface area (Å²) in [6, 6.07) is 16.3. The molecule has 5 N–H and O–H groups in total. The minimum atomic E-state index is -3.66. The summed E-state index contributed by atoms with van der Waals surface area (Å²) in [6.45, 7) is 9.82. The first-order chi connectivity index (χ1) is 17.3. The zero-order valence-corrected chi connectivity index (χ0v) is 23.0. The second kappa shape index (κ2) is 11.8. The fraction of sp³-hybridized carbons (Fsp3) is 0.379. The van der Waals surface area contributed by atoms with Crippen LogP contribution < -0.4 is 10.0 Å². The Kier molecular flexibility index (Phi) is 9.15. The fourth-order valence-corrected chi connectivity index (χ4v) is 6.16. The molecule has 3 aromatic carbocycles. The Morgan fingerprint density at radius 3 is 2.24 bits per heavy atom. The minimum Gasteiger partial charge on any atom is -0.508 e. The molecule has 0 amide bonds. The van der Waals surface area contributed by atoms with Crippen LogP contribution in [0.1, 0.15) is 58.9 Å². The van der Waals surface area contributed by atoms with Gasteiger partial charge in [0.1, 0.15) is 5.75 Å². The Labute approximate surface area is 220 Å². The lowest BCUT2D eigenvalue weighted by Gasteiger charge is -2.28. The van der Waals surface area contributed by atoms with E-state index < -0.39 is 16.1 Å². The molecule has 0 radical (unpaired) electrons. The highest BCUT2D eigenvalue weighted by atomic mass is 32.2. The minimum absolute atomic E-state index is 0.00181. The Morgan fingerprint density at radius 2 is 1.59 bits per heavy atom. The number of benzene rings is 3. The molecule has 1 atom stereocenters. The molecule has 37 heavy (non-hydrogen) atoms. The Balaban J connectivity index is 1.63. The van der Waals surface area contributed by atoms with Gasteiger partial charge in [-0.05, 0) is 81.0 Å². The van der Waals surface area contributed by atoms with Crippen LogP contribution in [0.4, 0.5) is 0 Å². The van der Waals surface area contributed by atoms with Gasteiger partial charge in [-0.3, -0.25) is 0 Å². The van der Waals surface area contributed by atoms with E-state index in [2.05, 4.69) is 10.0 Å². The second-order valence-corrected chi connectivity index (χ2v) is 12.1. The van der Waals surface area contributed by atoms with Crippen molar-refractivity contribution in [2.24, 2.45) is 0 Å². The predicted molar refractivity (Wildman–Crippen MR) is 146 cm³/mol. The third-order valence-electron chi connectivity index (χ3n) is 6.41. The number of aliphatic hydroxyl groups excluding tert-OH is 2. The molecule has 0 fully saturated rings. The molecule has 0 heterocycles. The molecule has 0 aliphatic carbocycles. The molecular weight excluding hydrogens is 488 g/mol. The quantitative estimate of drug-likeness (QED) is 0.258. The Morgan fingerprint density at radius 1 is 0.946 bits per heavy atom.